The lowest BCUT2D eigenvalue weighted by Crippen LogP contribution is -2.57. The molecule has 2 N–H and O–H groups in total. The number of aliphatic hydroxyl groups excluding tert-OH is 1. The Morgan fingerprint density at radius 1 is 1.07 bits per heavy atom. The normalized spacial score (nSPS) is 51.7. The zero-order chi connectivity index (χ0) is 20.3. The molecule has 4 rings (SSSR count). The van der Waals surface area contributed by atoms with Gasteiger partial charge in [-0.25, -0.2) is 0 Å². The number of alkyl halides is 1. The van der Waals surface area contributed by atoms with E-state index in [0.29, 0.717) is 35.0 Å². The predicted octanol–water partition coefficient (Wildman–Crippen LogP) is 5.92. The highest BCUT2D eigenvalue weighted by molar-refractivity contribution is 14.1. The van der Waals surface area contributed by atoms with E-state index in [2.05, 4.69) is 43.4 Å². The first-order valence-corrected chi connectivity index (χ1v) is 13.0. The summed E-state index contributed by atoms with van der Waals surface area (Å²) in [5.41, 5.74) is 0.833. The van der Waals surface area contributed by atoms with Crippen molar-refractivity contribution in [3.8, 4) is 0 Å². The third-order valence-electron chi connectivity index (χ3n) is 10.2. The van der Waals surface area contributed by atoms with Gasteiger partial charge in [-0.2, -0.15) is 0 Å². The van der Waals surface area contributed by atoms with Gasteiger partial charge in [-0.1, -0.05) is 43.4 Å². The lowest BCUT2D eigenvalue weighted by atomic mass is 9.44. The molecule has 0 bridgehead atoms. The number of halogens is 1. The van der Waals surface area contributed by atoms with E-state index >= 15 is 0 Å². The predicted molar refractivity (Wildman–Crippen MR) is 120 cm³/mol. The van der Waals surface area contributed by atoms with Gasteiger partial charge in [0.05, 0.1) is 6.10 Å². The molecule has 10 atom stereocenters. The zero-order valence-electron chi connectivity index (χ0n) is 17.9. The highest BCUT2D eigenvalue weighted by Crippen LogP contribution is 2.69. The number of rotatable bonds is 4. The molecule has 0 aromatic rings. The second-order valence-electron chi connectivity index (χ2n) is 11.3. The van der Waals surface area contributed by atoms with Crippen LogP contribution >= 0.6 is 22.6 Å². The molecule has 160 valence electrons. The van der Waals surface area contributed by atoms with Crippen molar-refractivity contribution in [3.05, 3.63) is 0 Å². The average Bonchev–Trinajstić information content (AvgIpc) is 2.98. The highest BCUT2D eigenvalue weighted by Gasteiger charge is 2.62. The Hall–Kier alpha value is 0.160. The monoisotopic (exact) mass is 502 g/mol. The molecule has 0 aliphatic heterocycles. The first-order chi connectivity index (χ1) is 13.2. The van der Waals surface area contributed by atoms with Crippen molar-refractivity contribution in [2.45, 2.75) is 95.0 Å². The van der Waals surface area contributed by atoms with Gasteiger partial charge in [-0.15, -0.1) is 0 Å². The lowest BCUT2D eigenvalue weighted by molar-refractivity contribution is -0.138. The van der Waals surface area contributed by atoms with Crippen molar-refractivity contribution in [2.24, 2.45) is 46.3 Å². The highest BCUT2D eigenvalue weighted by atomic mass is 127. The molecule has 4 saturated carbocycles. The molecule has 28 heavy (non-hydrogen) atoms. The largest absolute Gasteiger partial charge is 0.481 e. The maximum Gasteiger partial charge on any atom is 0.303 e. The Morgan fingerprint density at radius 2 is 1.75 bits per heavy atom. The number of aliphatic carboxylic acids is 1. The summed E-state index contributed by atoms with van der Waals surface area (Å²) in [7, 11) is 0. The molecule has 0 heterocycles. The molecule has 0 radical (unpaired) electrons. The molecular weight excluding hydrogens is 463 g/mol. The number of carboxylic acid groups (broad SMARTS) is 1. The van der Waals surface area contributed by atoms with E-state index in [1.165, 1.54) is 38.5 Å². The van der Waals surface area contributed by atoms with Gasteiger partial charge in [0.15, 0.2) is 0 Å². The van der Waals surface area contributed by atoms with E-state index in [9.17, 15) is 9.90 Å². The van der Waals surface area contributed by atoms with Gasteiger partial charge < -0.3 is 10.2 Å². The first-order valence-electron chi connectivity index (χ1n) is 11.7. The van der Waals surface area contributed by atoms with E-state index in [4.69, 9.17) is 5.11 Å². The number of carboxylic acids is 1. The Kier molecular flexibility index (Phi) is 5.88. The second-order valence-corrected chi connectivity index (χ2v) is 12.9. The van der Waals surface area contributed by atoms with E-state index < -0.39 is 5.97 Å². The lowest BCUT2D eigenvalue weighted by Gasteiger charge is -2.62. The second kappa shape index (κ2) is 7.69. The van der Waals surface area contributed by atoms with Gasteiger partial charge in [0, 0.05) is 10.3 Å². The number of hydrogen-bond acceptors (Lipinski definition) is 2. The van der Waals surface area contributed by atoms with Crippen molar-refractivity contribution >= 4 is 28.6 Å². The van der Waals surface area contributed by atoms with Crippen LogP contribution in [0.15, 0.2) is 0 Å². The number of aliphatic hydroxyl groups is 1. The Bertz CT molecular complexity index is 609. The van der Waals surface area contributed by atoms with Crippen LogP contribution in [0.5, 0.6) is 0 Å². The Labute approximate surface area is 184 Å². The molecule has 4 aliphatic rings. The van der Waals surface area contributed by atoms with Crippen LogP contribution in [-0.2, 0) is 4.79 Å². The molecule has 0 aromatic heterocycles. The van der Waals surface area contributed by atoms with Crippen LogP contribution in [0.25, 0.3) is 0 Å². The fraction of sp³-hybridized carbons (Fsp3) is 0.958. The van der Waals surface area contributed by atoms with Gasteiger partial charge in [0.25, 0.3) is 0 Å². The fourth-order valence-corrected chi connectivity index (χ4v) is 10.3. The summed E-state index contributed by atoms with van der Waals surface area (Å²) in [4.78, 5) is 11.1. The smallest absolute Gasteiger partial charge is 0.303 e. The van der Waals surface area contributed by atoms with Crippen molar-refractivity contribution < 1.29 is 15.0 Å². The molecule has 0 amide bonds. The standard InChI is InChI=1S/C24H39IO3/c1-14(4-7-21(27)28)17-5-6-18-22-19(9-11-24(17,18)3)23(2)10-8-16(26)12-15(23)13-20(22)25/h14-20,22,26H,4-13H2,1-3H3,(H,27,28)/t14-,15+,16-,17-,18+,19+,20-,22+,23+,24-/m1/s1. The molecular formula is C24H39IO3. The van der Waals surface area contributed by atoms with E-state index in [-0.39, 0.29) is 6.10 Å². The number of hydrogen-bond donors (Lipinski definition) is 2. The maximum absolute atomic E-state index is 11.1. The molecule has 0 aromatic carbocycles. The van der Waals surface area contributed by atoms with Gasteiger partial charge in [-0.3, -0.25) is 4.79 Å². The van der Waals surface area contributed by atoms with Crippen LogP contribution in [0, 0.1) is 46.3 Å². The topological polar surface area (TPSA) is 57.5 Å². The average molecular weight is 502 g/mol. The van der Waals surface area contributed by atoms with Gasteiger partial charge in [0.1, 0.15) is 0 Å². The Morgan fingerprint density at radius 3 is 2.46 bits per heavy atom. The van der Waals surface area contributed by atoms with Crippen molar-refractivity contribution in [1.29, 1.82) is 0 Å². The van der Waals surface area contributed by atoms with Crippen molar-refractivity contribution in [3.63, 3.8) is 0 Å². The maximum atomic E-state index is 11.1. The van der Waals surface area contributed by atoms with E-state index in [1.807, 2.05) is 0 Å². The number of carbonyl (C=O) groups is 1. The summed E-state index contributed by atoms with van der Waals surface area (Å²) < 4.78 is 0.740. The quantitative estimate of drug-likeness (QED) is 0.371. The summed E-state index contributed by atoms with van der Waals surface area (Å²) in [5, 5.41) is 19.4. The SMILES string of the molecule is C[C@H](CCC(=O)O)[C@H]1CC[C@H]2[C@@H]3[C@H](I)C[C@@H]4C[C@H](O)CC[C@]4(C)[C@H]3CC[C@]12C. The third kappa shape index (κ3) is 3.36. The summed E-state index contributed by atoms with van der Waals surface area (Å²) in [6.07, 6.45) is 10.9. The molecule has 4 aliphatic carbocycles. The van der Waals surface area contributed by atoms with Crippen LogP contribution in [0.3, 0.4) is 0 Å². The van der Waals surface area contributed by atoms with Crippen molar-refractivity contribution in [1.82, 2.24) is 0 Å². The zero-order valence-corrected chi connectivity index (χ0v) is 20.0. The number of fused-ring (bicyclic) bond motifs is 5. The summed E-state index contributed by atoms with van der Waals surface area (Å²) in [6.45, 7) is 7.44. The molecule has 4 fully saturated rings. The van der Waals surface area contributed by atoms with E-state index in [1.54, 1.807) is 0 Å². The molecule has 3 nitrogen and oxygen atoms in total. The fourth-order valence-electron chi connectivity index (χ4n) is 8.68. The molecule has 4 heteroatoms. The summed E-state index contributed by atoms with van der Waals surface area (Å²) in [5.74, 6) is 3.74. The van der Waals surface area contributed by atoms with Gasteiger partial charge in [0.2, 0.25) is 0 Å². The van der Waals surface area contributed by atoms with Gasteiger partial charge in [-0.05, 0) is 104 Å². The van der Waals surface area contributed by atoms with Crippen LogP contribution in [0.2, 0.25) is 0 Å². The third-order valence-corrected chi connectivity index (χ3v) is 11.5. The van der Waals surface area contributed by atoms with Crippen LogP contribution in [-0.4, -0.2) is 26.2 Å². The minimum absolute atomic E-state index is 0.0713. The van der Waals surface area contributed by atoms with Crippen LogP contribution in [0.4, 0.5) is 0 Å². The van der Waals surface area contributed by atoms with Crippen LogP contribution < -0.4 is 0 Å². The van der Waals surface area contributed by atoms with Crippen molar-refractivity contribution in [2.75, 3.05) is 0 Å². The van der Waals surface area contributed by atoms with Gasteiger partial charge >= 0.3 is 5.97 Å². The summed E-state index contributed by atoms with van der Waals surface area (Å²) >= 11 is 2.77. The minimum Gasteiger partial charge on any atom is -0.481 e. The van der Waals surface area contributed by atoms with E-state index in [0.717, 1.165) is 40.9 Å². The Balaban J connectivity index is 1.55. The molecule has 0 spiro atoms. The minimum atomic E-state index is -0.645. The molecule has 0 unspecified atom stereocenters. The summed E-state index contributed by atoms with van der Waals surface area (Å²) in [6, 6.07) is 0. The van der Waals surface area contributed by atoms with Crippen LogP contribution in [0.1, 0.15) is 85.0 Å². The molecule has 0 saturated heterocycles. The first kappa shape index (κ1) is 21.4.